The van der Waals surface area contributed by atoms with Crippen LogP contribution in [0.15, 0.2) is 18.2 Å². The summed E-state index contributed by atoms with van der Waals surface area (Å²) in [5.74, 6) is -0.640. The number of hydrogen-bond donors (Lipinski definition) is 3. The van der Waals surface area contributed by atoms with Gasteiger partial charge in [0, 0.05) is 24.5 Å². The molecule has 1 unspecified atom stereocenters. The van der Waals surface area contributed by atoms with Gasteiger partial charge in [0.25, 0.3) is 5.91 Å². The largest absolute Gasteiger partial charge is 0.355 e. The molecule has 6 heteroatoms. The van der Waals surface area contributed by atoms with E-state index >= 15 is 0 Å². The predicted molar refractivity (Wildman–Crippen MR) is 76.6 cm³/mol. The van der Waals surface area contributed by atoms with Crippen LogP contribution < -0.4 is 16.0 Å². The van der Waals surface area contributed by atoms with Gasteiger partial charge in [-0.15, -0.1) is 0 Å². The van der Waals surface area contributed by atoms with Gasteiger partial charge in [-0.1, -0.05) is 18.5 Å². The van der Waals surface area contributed by atoms with Gasteiger partial charge in [-0.2, -0.15) is 0 Å². The Morgan fingerprint density at radius 2 is 2.00 bits per heavy atom. The number of carbonyl (C=O) groups excluding carboxylic acids is 2. The molecule has 0 radical (unpaired) electrons. The molecule has 1 atom stereocenters. The van der Waals surface area contributed by atoms with Gasteiger partial charge < -0.3 is 16.0 Å². The van der Waals surface area contributed by atoms with Gasteiger partial charge in [0.2, 0.25) is 5.91 Å². The highest BCUT2D eigenvalue weighted by molar-refractivity contribution is 6.31. The molecular formula is C13H18ClN3O2. The Morgan fingerprint density at radius 3 is 2.58 bits per heavy atom. The molecule has 5 nitrogen and oxygen atoms in total. The zero-order valence-electron chi connectivity index (χ0n) is 11.2. The zero-order chi connectivity index (χ0) is 14.4. The van der Waals surface area contributed by atoms with Crippen molar-refractivity contribution in [3.8, 4) is 0 Å². The number of amides is 2. The summed E-state index contributed by atoms with van der Waals surface area (Å²) in [6, 6.07) is 4.78. The Hall–Kier alpha value is -1.59. The van der Waals surface area contributed by atoms with Crippen LogP contribution in [0.3, 0.4) is 0 Å². The fourth-order valence-corrected chi connectivity index (χ4v) is 1.77. The number of halogens is 1. The van der Waals surface area contributed by atoms with Crippen molar-refractivity contribution >= 4 is 29.1 Å². The number of anilines is 1. The van der Waals surface area contributed by atoms with Crippen molar-refractivity contribution in [2.45, 2.75) is 6.92 Å². The Morgan fingerprint density at radius 1 is 1.32 bits per heavy atom. The summed E-state index contributed by atoms with van der Waals surface area (Å²) in [4.78, 5) is 23.7. The minimum Gasteiger partial charge on any atom is -0.355 e. The second-order valence-electron chi connectivity index (χ2n) is 4.22. The van der Waals surface area contributed by atoms with E-state index in [0.29, 0.717) is 22.8 Å². The molecule has 19 heavy (non-hydrogen) atoms. The molecule has 2 amide bonds. The first-order valence-electron chi connectivity index (χ1n) is 5.96. The number of benzene rings is 1. The smallest absolute Gasteiger partial charge is 0.253 e. The Labute approximate surface area is 117 Å². The molecule has 0 aliphatic carbocycles. The molecule has 1 rings (SSSR count). The molecule has 1 aromatic rings. The van der Waals surface area contributed by atoms with E-state index in [9.17, 15) is 9.59 Å². The maximum atomic E-state index is 11.9. The summed E-state index contributed by atoms with van der Waals surface area (Å²) in [6.45, 7) is 2.37. The van der Waals surface area contributed by atoms with Crippen LogP contribution in [0.5, 0.6) is 0 Å². The molecule has 0 saturated heterocycles. The molecule has 1 aromatic carbocycles. The highest BCUT2D eigenvalue weighted by Crippen LogP contribution is 2.21. The van der Waals surface area contributed by atoms with Crippen molar-refractivity contribution in [2.24, 2.45) is 5.92 Å². The standard InChI is InChI=1S/C13H18ClN3O2/c1-8(7-15-2)12(18)17-11-5-4-9(14)6-10(11)13(19)16-3/h4-6,8,15H,7H2,1-3H3,(H,16,19)(H,17,18). The van der Waals surface area contributed by atoms with E-state index in [1.165, 1.54) is 13.1 Å². The maximum Gasteiger partial charge on any atom is 0.253 e. The van der Waals surface area contributed by atoms with Crippen molar-refractivity contribution in [1.82, 2.24) is 10.6 Å². The molecule has 0 aliphatic rings. The van der Waals surface area contributed by atoms with E-state index < -0.39 is 0 Å². The third-order valence-electron chi connectivity index (χ3n) is 2.67. The van der Waals surface area contributed by atoms with Crippen molar-refractivity contribution in [1.29, 1.82) is 0 Å². The summed E-state index contributed by atoms with van der Waals surface area (Å²) in [7, 11) is 3.31. The summed E-state index contributed by atoms with van der Waals surface area (Å²) in [5, 5.41) is 8.63. The third kappa shape index (κ3) is 4.22. The van der Waals surface area contributed by atoms with Gasteiger partial charge in [-0.05, 0) is 25.2 Å². The SMILES string of the molecule is CNCC(C)C(=O)Nc1ccc(Cl)cc1C(=O)NC. The fourth-order valence-electron chi connectivity index (χ4n) is 1.60. The average molecular weight is 284 g/mol. The fraction of sp³-hybridized carbons (Fsp3) is 0.385. The summed E-state index contributed by atoms with van der Waals surface area (Å²) < 4.78 is 0. The quantitative estimate of drug-likeness (QED) is 0.767. The lowest BCUT2D eigenvalue weighted by atomic mass is 10.1. The molecule has 0 fully saturated rings. The van der Waals surface area contributed by atoms with Gasteiger partial charge >= 0.3 is 0 Å². The maximum absolute atomic E-state index is 11.9. The predicted octanol–water partition coefficient (Wildman–Crippen LogP) is 1.49. The van der Waals surface area contributed by atoms with Crippen molar-refractivity contribution in [3.05, 3.63) is 28.8 Å². The van der Waals surface area contributed by atoms with Gasteiger partial charge in [-0.25, -0.2) is 0 Å². The minimum atomic E-state index is -0.293. The number of rotatable bonds is 5. The normalized spacial score (nSPS) is 11.8. The first kappa shape index (κ1) is 15.5. The lowest BCUT2D eigenvalue weighted by molar-refractivity contribution is -0.119. The monoisotopic (exact) mass is 283 g/mol. The van der Waals surface area contributed by atoms with Crippen molar-refractivity contribution in [3.63, 3.8) is 0 Å². The van der Waals surface area contributed by atoms with Crippen LogP contribution in [0.4, 0.5) is 5.69 Å². The van der Waals surface area contributed by atoms with Crippen LogP contribution in [-0.4, -0.2) is 32.5 Å². The molecule has 0 saturated carbocycles. The van der Waals surface area contributed by atoms with E-state index in [2.05, 4.69) is 16.0 Å². The highest BCUT2D eigenvalue weighted by Gasteiger charge is 2.16. The third-order valence-corrected chi connectivity index (χ3v) is 2.90. The van der Waals surface area contributed by atoms with Crippen LogP contribution >= 0.6 is 11.6 Å². The van der Waals surface area contributed by atoms with Gasteiger partial charge in [0.05, 0.1) is 11.3 Å². The molecule has 3 N–H and O–H groups in total. The van der Waals surface area contributed by atoms with E-state index in [1.807, 2.05) is 0 Å². The summed E-state index contributed by atoms with van der Waals surface area (Å²) >= 11 is 5.86. The van der Waals surface area contributed by atoms with Crippen LogP contribution in [0.25, 0.3) is 0 Å². The Kier molecular flexibility index (Phi) is 5.79. The van der Waals surface area contributed by atoms with Crippen LogP contribution in [0, 0.1) is 5.92 Å². The number of nitrogens with one attached hydrogen (secondary N) is 3. The summed E-state index contributed by atoms with van der Waals surface area (Å²) in [5.41, 5.74) is 0.803. The van der Waals surface area contributed by atoms with Crippen molar-refractivity contribution in [2.75, 3.05) is 26.0 Å². The number of hydrogen-bond acceptors (Lipinski definition) is 3. The molecule has 0 aromatic heterocycles. The lowest BCUT2D eigenvalue weighted by Gasteiger charge is -2.14. The average Bonchev–Trinajstić information content (AvgIpc) is 2.40. The van der Waals surface area contributed by atoms with Crippen LogP contribution in [-0.2, 0) is 4.79 Å². The van der Waals surface area contributed by atoms with Gasteiger partial charge in [0.1, 0.15) is 0 Å². The summed E-state index contributed by atoms with van der Waals surface area (Å²) in [6.07, 6.45) is 0. The highest BCUT2D eigenvalue weighted by atomic mass is 35.5. The molecule has 104 valence electrons. The minimum absolute atomic E-state index is 0.151. The second-order valence-corrected chi connectivity index (χ2v) is 4.65. The lowest BCUT2D eigenvalue weighted by Crippen LogP contribution is -2.29. The van der Waals surface area contributed by atoms with Gasteiger partial charge in [0.15, 0.2) is 0 Å². The van der Waals surface area contributed by atoms with Crippen molar-refractivity contribution < 1.29 is 9.59 Å². The number of carbonyl (C=O) groups is 2. The molecule has 0 heterocycles. The molecule has 0 bridgehead atoms. The van der Waals surface area contributed by atoms with E-state index in [1.54, 1.807) is 26.1 Å². The molecule has 0 spiro atoms. The zero-order valence-corrected chi connectivity index (χ0v) is 12.0. The van der Waals surface area contributed by atoms with E-state index in [4.69, 9.17) is 11.6 Å². The second kappa shape index (κ2) is 7.11. The first-order chi connectivity index (χ1) is 8.99. The van der Waals surface area contributed by atoms with E-state index in [-0.39, 0.29) is 17.7 Å². The van der Waals surface area contributed by atoms with Gasteiger partial charge in [-0.3, -0.25) is 9.59 Å². The molecular weight excluding hydrogens is 266 g/mol. The molecule has 0 aliphatic heterocycles. The van der Waals surface area contributed by atoms with Crippen LogP contribution in [0.1, 0.15) is 17.3 Å². The van der Waals surface area contributed by atoms with Crippen LogP contribution in [0.2, 0.25) is 5.02 Å². The Balaban J connectivity index is 2.94. The Bertz CT molecular complexity index is 477. The topological polar surface area (TPSA) is 70.2 Å². The van der Waals surface area contributed by atoms with E-state index in [0.717, 1.165) is 0 Å². The first-order valence-corrected chi connectivity index (χ1v) is 6.34.